The predicted molar refractivity (Wildman–Crippen MR) is 97.6 cm³/mol. The van der Waals surface area contributed by atoms with Crippen LogP contribution in [0.3, 0.4) is 0 Å². The number of hydrogen-bond donors (Lipinski definition) is 1. The van der Waals surface area contributed by atoms with E-state index in [0.717, 1.165) is 52.5 Å². The molecule has 2 aliphatic heterocycles. The predicted octanol–water partition coefficient (Wildman–Crippen LogP) is 1.28. The van der Waals surface area contributed by atoms with E-state index >= 15 is 0 Å². The Kier molecular flexibility index (Phi) is 6.49. The van der Waals surface area contributed by atoms with Gasteiger partial charge in [0.1, 0.15) is 0 Å². The summed E-state index contributed by atoms with van der Waals surface area (Å²) in [5.74, 6) is 0. The van der Waals surface area contributed by atoms with Crippen LogP contribution in [0.4, 0.5) is 5.69 Å². The normalized spacial score (nSPS) is 24.3. The number of aliphatic hydroxyl groups is 1. The molecular formula is C19H31N3O2. The minimum absolute atomic E-state index is 0.291. The lowest BCUT2D eigenvalue weighted by molar-refractivity contribution is 0.00530. The Labute approximate surface area is 145 Å². The highest BCUT2D eigenvalue weighted by molar-refractivity contribution is 5.46. The van der Waals surface area contributed by atoms with Crippen LogP contribution in [0.25, 0.3) is 0 Å². The number of anilines is 1. The third-order valence-electron chi connectivity index (χ3n) is 5.21. The van der Waals surface area contributed by atoms with Gasteiger partial charge in [-0.2, -0.15) is 0 Å². The summed E-state index contributed by atoms with van der Waals surface area (Å²) in [7, 11) is 2.15. The average molecular weight is 333 g/mol. The van der Waals surface area contributed by atoms with E-state index < -0.39 is 0 Å². The van der Waals surface area contributed by atoms with Crippen LogP contribution in [-0.2, 0) is 4.74 Å². The van der Waals surface area contributed by atoms with E-state index in [-0.39, 0.29) is 6.10 Å². The van der Waals surface area contributed by atoms with Gasteiger partial charge in [0.25, 0.3) is 0 Å². The first-order valence-electron chi connectivity index (χ1n) is 9.21. The number of para-hydroxylation sites is 1. The Morgan fingerprint density at radius 3 is 2.71 bits per heavy atom. The van der Waals surface area contributed by atoms with Crippen molar-refractivity contribution >= 4 is 5.69 Å². The molecule has 2 atom stereocenters. The molecule has 1 aromatic carbocycles. The lowest BCUT2D eigenvalue weighted by Gasteiger charge is -2.40. The Morgan fingerprint density at radius 1 is 1.21 bits per heavy atom. The zero-order valence-corrected chi connectivity index (χ0v) is 14.8. The zero-order chi connectivity index (χ0) is 16.8. The van der Waals surface area contributed by atoms with E-state index in [1.807, 2.05) is 0 Å². The molecule has 2 fully saturated rings. The number of benzene rings is 1. The van der Waals surface area contributed by atoms with Crippen LogP contribution in [0.2, 0.25) is 0 Å². The molecule has 2 heterocycles. The van der Waals surface area contributed by atoms with Crippen molar-refractivity contribution in [2.75, 3.05) is 64.4 Å². The van der Waals surface area contributed by atoms with Crippen molar-refractivity contribution in [3.8, 4) is 0 Å². The van der Waals surface area contributed by atoms with Crippen LogP contribution >= 0.6 is 0 Å². The summed E-state index contributed by atoms with van der Waals surface area (Å²) in [6, 6.07) is 11.2. The standard InChI is InChI=1S/C19H31N3O2/c1-20(15-19(23)16-21-10-12-24-13-11-21)18-8-5-9-22(14-18)17-6-3-2-4-7-17/h2-4,6-7,18-19,23H,5,8-16H2,1H3. The number of β-amino-alcohol motifs (C(OH)–C–C–N with tert-alkyl or cyclic N) is 1. The van der Waals surface area contributed by atoms with E-state index in [9.17, 15) is 5.11 Å². The summed E-state index contributed by atoms with van der Waals surface area (Å²) in [5, 5.41) is 10.4. The van der Waals surface area contributed by atoms with Crippen LogP contribution in [0.5, 0.6) is 0 Å². The van der Waals surface area contributed by atoms with Gasteiger partial charge in [0.15, 0.2) is 0 Å². The quantitative estimate of drug-likeness (QED) is 0.849. The molecule has 2 saturated heterocycles. The number of morpholine rings is 1. The van der Waals surface area contributed by atoms with E-state index in [4.69, 9.17) is 4.74 Å². The van der Waals surface area contributed by atoms with Crippen molar-refractivity contribution in [3.63, 3.8) is 0 Å². The average Bonchev–Trinajstić information content (AvgIpc) is 2.63. The van der Waals surface area contributed by atoms with Crippen molar-refractivity contribution in [2.24, 2.45) is 0 Å². The summed E-state index contributed by atoms with van der Waals surface area (Å²) >= 11 is 0. The Hall–Kier alpha value is -1.14. The third kappa shape index (κ3) is 4.93. The van der Waals surface area contributed by atoms with Crippen molar-refractivity contribution in [2.45, 2.75) is 25.0 Å². The second kappa shape index (κ2) is 8.81. The maximum absolute atomic E-state index is 10.4. The minimum Gasteiger partial charge on any atom is -0.390 e. The van der Waals surface area contributed by atoms with E-state index in [1.165, 1.54) is 18.5 Å². The molecule has 0 aromatic heterocycles. The molecule has 2 aliphatic rings. The largest absolute Gasteiger partial charge is 0.390 e. The SMILES string of the molecule is CN(CC(O)CN1CCOCC1)C1CCCN(c2ccccc2)C1. The van der Waals surface area contributed by atoms with E-state index in [2.05, 4.69) is 52.1 Å². The summed E-state index contributed by atoms with van der Waals surface area (Å²) in [5.41, 5.74) is 1.31. The van der Waals surface area contributed by atoms with Gasteiger partial charge < -0.3 is 14.7 Å². The summed E-state index contributed by atoms with van der Waals surface area (Å²) in [6.45, 7) is 7.12. The number of hydrogen-bond acceptors (Lipinski definition) is 5. The van der Waals surface area contributed by atoms with Crippen LogP contribution in [-0.4, -0.2) is 86.6 Å². The van der Waals surface area contributed by atoms with Crippen molar-refractivity contribution < 1.29 is 9.84 Å². The highest BCUT2D eigenvalue weighted by Gasteiger charge is 2.25. The molecular weight excluding hydrogens is 302 g/mol. The van der Waals surface area contributed by atoms with Crippen molar-refractivity contribution in [1.82, 2.24) is 9.80 Å². The van der Waals surface area contributed by atoms with Crippen LogP contribution in [0.1, 0.15) is 12.8 Å². The molecule has 2 unspecified atom stereocenters. The number of rotatable bonds is 6. The van der Waals surface area contributed by atoms with Gasteiger partial charge in [-0.1, -0.05) is 18.2 Å². The molecule has 1 aromatic rings. The molecule has 3 rings (SSSR count). The molecule has 1 N–H and O–H groups in total. The number of ether oxygens (including phenoxy) is 1. The van der Waals surface area contributed by atoms with E-state index in [0.29, 0.717) is 6.04 Å². The van der Waals surface area contributed by atoms with Gasteiger partial charge in [-0.25, -0.2) is 0 Å². The van der Waals surface area contributed by atoms with Crippen LogP contribution in [0, 0.1) is 0 Å². The first-order valence-corrected chi connectivity index (χ1v) is 9.21. The molecule has 0 radical (unpaired) electrons. The number of aliphatic hydroxyl groups excluding tert-OH is 1. The number of piperidine rings is 1. The minimum atomic E-state index is -0.291. The summed E-state index contributed by atoms with van der Waals surface area (Å²) < 4.78 is 5.37. The highest BCUT2D eigenvalue weighted by atomic mass is 16.5. The van der Waals surface area contributed by atoms with Gasteiger partial charge in [0.2, 0.25) is 0 Å². The molecule has 5 nitrogen and oxygen atoms in total. The van der Waals surface area contributed by atoms with Gasteiger partial charge in [-0.15, -0.1) is 0 Å². The highest BCUT2D eigenvalue weighted by Crippen LogP contribution is 2.21. The van der Waals surface area contributed by atoms with Gasteiger partial charge in [0, 0.05) is 51.0 Å². The fraction of sp³-hybridized carbons (Fsp3) is 0.684. The molecule has 0 bridgehead atoms. The number of nitrogens with zero attached hydrogens (tertiary/aromatic N) is 3. The summed E-state index contributed by atoms with van der Waals surface area (Å²) in [4.78, 5) is 7.12. The van der Waals surface area contributed by atoms with Crippen LogP contribution in [0.15, 0.2) is 30.3 Å². The number of likely N-dealkylation sites (N-methyl/N-ethyl adjacent to an activating group) is 1. The molecule has 5 heteroatoms. The van der Waals surface area contributed by atoms with Crippen molar-refractivity contribution in [3.05, 3.63) is 30.3 Å². The van der Waals surface area contributed by atoms with Gasteiger partial charge in [0.05, 0.1) is 19.3 Å². The fourth-order valence-electron chi connectivity index (χ4n) is 3.81. The Bertz CT molecular complexity index is 479. The first kappa shape index (κ1) is 17.7. The molecule has 0 aliphatic carbocycles. The second-order valence-corrected chi connectivity index (χ2v) is 7.08. The Balaban J connectivity index is 1.47. The smallest absolute Gasteiger partial charge is 0.0793 e. The van der Waals surface area contributed by atoms with Crippen molar-refractivity contribution in [1.29, 1.82) is 0 Å². The lowest BCUT2D eigenvalue weighted by atomic mass is 10.0. The maximum atomic E-state index is 10.4. The molecule has 134 valence electrons. The van der Waals surface area contributed by atoms with Gasteiger partial charge in [-0.3, -0.25) is 9.80 Å². The zero-order valence-electron chi connectivity index (χ0n) is 14.8. The molecule has 0 saturated carbocycles. The lowest BCUT2D eigenvalue weighted by Crippen LogP contribution is -2.50. The molecule has 0 spiro atoms. The molecule has 24 heavy (non-hydrogen) atoms. The van der Waals surface area contributed by atoms with Crippen LogP contribution < -0.4 is 4.90 Å². The summed E-state index contributed by atoms with van der Waals surface area (Å²) in [6.07, 6.45) is 2.13. The fourth-order valence-corrected chi connectivity index (χ4v) is 3.81. The van der Waals surface area contributed by atoms with Gasteiger partial charge in [-0.05, 0) is 32.0 Å². The third-order valence-corrected chi connectivity index (χ3v) is 5.21. The molecule has 0 amide bonds. The van der Waals surface area contributed by atoms with Gasteiger partial charge >= 0.3 is 0 Å². The second-order valence-electron chi connectivity index (χ2n) is 7.08. The topological polar surface area (TPSA) is 39.2 Å². The Morgan fingerprint density at radius 2 is 1.96 bits per heavy atom. The maximum Gasteiger partial charge on any atom is 0.0793 e. The van der Waals surface area contributed by atoms with E-state index in [1.54, 1.807) is 0 Å². The first-order chi connectivity index (χ1) is 11.7. The monoisotopic (exact) mass is 333 g/mol.